The van der Waals surface area contributed by atoms with Crippen LogP contribution in [-0.2, 0) is 5.41 Å². The maximum absolute atomic E-state index is 5.22. The quantitative estimate of drug-likeness (QED) is 0.166. The van der Waals surface area contributed by atoms with E-state index in [1.165, 1.54) is 66.3 Å². The maximum atomic E-state index is 5.22. The number of benzene rings is 8. The van der Waals surface area contributed by atoms with E-state index in [4.69, 9.17) is 4.98 Å². The van der Waals surface area contributed by atoms with Gasteiger partial charge in [0.15, 0.2) is 0 Å². The third-order valence-corrected chi connectivity index (χ3v) is 12.5. The lowest BCUT2D eigenvalue weighted by atomic mass is 9.67. The van der Waals surface area contributed by atoms with E-state index in [-0.39, 0.29) is 0 Å². The zero-order valence-electron chi connectivity index (χ0n) is 32.2. The second kappa shape index (κ2) is 13.2. The fraction of sp³-hybridized carbons (Fsp3) is 0.0179. The molecule has 3 nitrogen and oxygen atoms in total. The van der Waals surface area contributed by atoms with E-state index in [1.807, 2.05) is 0 Å². The molecule has 0 radical (unpaired) electrons. The topological polar surface area (TPSA) is 22.2 Å². The Morgan fingerprint density at radius 3 is 1.63 bits per heavy atom. The summed E-state index contributed by atoms with van der Waals surface area (Å²) in [5.41, 5.74) is 18.4. The predicted octanol–water partition coefficient (Wildman–Crippen LogP) is 13.8. The number of para-hydroxylation sites is 2. The van der Waals surface area contributed by atoms with E-state index in [0.717, 1.165) is 33.8 Å². The second-order valence-electron chi connectivity index (χ2n) is 15.5. The zero-order chi connectivity index (χ0) is 38.9. The summed E-state index contributed by atoms with van der Waals surface area (Å²) in [7, 11) is 0. The zero-order valence-corrected chi connectivity index (χ0v) is 32.2. The van der Waals surface area contributed by atoms with E-state index < -0.39 is 5.41 Å². The Morgan fingerprint density at radius 1 is 0.390 bits per heavy atom. The molecule has 0 saturated heterocycles. The molecule has 11 aromatic rings. The van der Waals surface area contributed by atoms with Crippen LogP contribution in [-0.4, -0.2) is 14.0 Å². The molecule has 0 aliphatic heterocycles. The van der Waals surface area contributed by atoms with Gasteiger partial charge in [-0.3, -0.25) is 4.40 Å². The van der Waals surface area contributed by atoms with Crippen LogP contribution in [0.4, 0.5) is 0 Å². The fourth-order valence-corrected chi connectivity index (χ4v) is 9.89. The van der Waals surface area contributed by atoms with E-state index in [1.54, 1.807) is 0 Å². The number of imidazole rings is 1. The van der Waals surface area contributed by atoms with Crippen molar-refractivity contribution >= 4 is 27.5 Å². The highest BCUT2D eigenvalue weighted by Gasteiger charge is 2.46. The first-order chi connectivity index (χ1) is 29.3. The Hall–Kier alpha value is -7.75. The highest BCUT2D eigenvalue weighted by molar-refractivity contribution is 6.09. The predicted molar refractivity (Wildman–Crippen MR) is 243 cm³/mol. The molecule has 1 aliphatic carbocycles. The average Bonchev–Trinajstić information content (AvgIpc) is 3.96. The minimum atomic E-state index is -0.438. The summed E-state index contributed by atoms with van der Waals surface area (Å²) >= 11 is 0. The molecule has 3 heteroatoms. The first-order valence-corrected chi connectivity index (χ1v) is 20.3. The molecule has 0 N–H and O–H groups in total. The van der Waals surface area contributed by atoms with Crippen LogP contribution in [0.15, 0.2) is 225 Å². The number of hydrogen-bond acceptors (Lipinski definition) is 1. The van der Waals surface area contributed by atoms with Crippen molar-refractivity contribution in [3.63, 3.8) is 0 Å². The molecule has 0 saturated carbocycles. The fourth-order valence-electron chi connectivity index (χ4n) is 9.89. The molecule has 0 atom stereocenters. The van der Waals surface area contributed by atoms with Crippen LogP contribution in [0, 0.1) is 0 Å². The number of rotatable bonds is 6. The molecule has 276 valence electrons. The van der Waals surface area contributed by atoms with Crippen LogP contribution in [0.25, 0.3) is 77.9 Å². The van der Waals surface area contributed by atoms with Gasteiger partial charge in [-0.25, -0.2) is 4.98 Å². The van der Waals surface area contributed by atoms with E-state index >= 15 is 0 Å². The Balaban J connectivity index is 0.960. The van der Waals surface area contributed by atoms with Crippen LogP contribution in [0.5, 0.6) is 0 Å². The van der Waals surface area contributed by atoms with Gasteiger partial charge in [-0.05, 0) is 87.0 Å². The van der Waals surface area contributed by atoms with Crippen molar-refractivity contribution in [2.75, 3.05) is 0 Å². The van der Waals surface area contributed by atoms with Gasteiger partial charge in [0, 0.05) is 33.8 Å². The van der Waals surface area contributed by atoms with Gasteiger partial charge in [0.2, 0.25) is 0 Å². The minimum absolute atomic E-state index is 0.438. The van der Waals surface area contributed by atoms with Gasteiger partial charge >= 0.3 is 0 Å². The lowest BCUT2D eigenvalue weighted by Gasteiger charge is -2.34. The summed E-state index contributed by atoms with van der Waals surface area (Å²) in [4.78, 5) is 5.22. The SMILES string of the molecule is c1ccc(C2(c3ccccc3)c3ccccc3-c3ccc(-c4ccc(-c5c(-c6ccc(-n7c8ccccc8c8ccccc87)cc6)nc6ccccn56)cc4)cc32)cc1. The summed E-state index contributed by atoms with van der Waals surface area (Å²) in [6, 6.07) is 79.5. The Kier molecular flexibility index (Phi) is 7.45. The van der Waals surface area contributed by atoms with Crippen molar-refractivity contribution in [1.29, 1.82) is 0 Å². The smallest absolute Gasteiger partial charge is 0.137 e. The van der Waals surface area contributed by atoms with E-state index in [0.29, 0.717) is 0 Å². The molecule has 0 spiro atoms. The van der Waals surface area contributed by atoms with Crippen LogP contribution in [0.2, 0.25) is 0 Å². The van der Waals surface area contributed by atoms with Gasteiger partial charge in [-0.1, -0.05) is 176 Å². The summed E-state index contributed by atoms with van der Waals surface area (Å²) in [5, 5.41) is 2.52. The summed E-state index contributed by atoms with van der Waals surface area (Å²) < 4.78 is 4.57. The van der Waals surface area contributed by atoms with Gasteiger partial charge in [0.1, 0.15) is 5.65 Å². The monoisotopic (exact) mass is 751 g/mol. The number of hydrogen-bond donors (Lipinski definition) is 0. The van der Waals surface area contributed by atoms with Crippen molar-refractivity contribution in [3.05, 3.63) is 247 Å². The van der Waals surface area contributed by atoms with Gasteiger partial charge in [0.25, 0.3) is 0 Å². The molecular weight excluding hydrogens is 715 g/mol. The molecule has 8 aromatic carbocycles. The van der Waals surface area contributed by atoms with Crippen LogP contribution in [0.1, 0.15) is 22.3 Å². The third kappa shape index (κ3) is 4.98. The molecule has 12 rings (SSSR count). The highest BCUT2D eigenvalue weighted by atomic mass is 15.0. The highest BCUT2D eigenvalue weighted by Crippen LogP contribution is 2.56. The molecule has 0 bridgehead atoms. The van der Waals surface area contributed by atoms with Gasteiger partial charge in [0.05, 0.1) is 27.8 Å². The second-order valence-corrected chi connectivity index (χ2v) is 15.5. The van der Waals surface area contributed by atoms with E-state index in [9.17, 15) is 0 Å². The minimum Gasteiger partial charge on any atom is -0.309 e. The summed E-state index contributed by atoms with van der Waals surface area (Å²) in [6.45, 7) is 0. The molecular formula is C56H37N3. The largest absolute Gasteiger partial charge is 0.309 e. The van der Waals surface area contributed by atoms with Crippen molar-refractivity contribution in [3.8, 4) is 50.5 Å². The van der Waals surface area contributed by atoms with Crippen molar-refractivity contribution in [2.24, 2.45) is 0 Å². The molecule has 3 aromatic heterocycles. The van der Waals surface area contributed by atoms with Crippen molar-refractivity contribution in [1.82, 2.24) is 14.0 Å². The number of fused-ring (bicyclic) bond motifs is 7. The Labute approximate surface area is 342 Å². The molecule has 0 fully saturated rings. The average molecular weight is 752 g/mol. The normalized spacial score (nSPS) is 12.9. The lowest BCUT2D eigenvalue weighted by Crippen LogP contribution is -2.28. The van der Waals surface area contributed by atoms with Crippen molar-refractivity contribution < 1.29 is 0 Å². The van der Waals surface area contributed by atoms with Crippen LogP contribution in [0.3, 0.4) is 0 Å². The van der Waals surface area contributed by atoms with Crippen LogP contribution >= 0.6 is 0 Å². The number of nitrogens with zero attached hydrogens (tertiary/aromatic N) is 3. The van der Waals surface area contributed by atoms with Crippen LogP contribution < -0.4 is 0 Å². The third-order valence-electron chi connectivity index (χ3n) is 12.5. The first kappa shape index (κ1) is 33.4. The van der Waals surface area contributed by atoms with E-state index in [2.05, 4.69) is 234 Å². The molecule has 3 heterocycles. The first-order valence-electron chi connectivity index (χ1n) is 20.3. The summed E-state index contributed by atoms with van der Waals surface area (Å²) in [5.74, 6) is 0. The number of aromatic nitrogens is 3. The molecule has 1 aliphatic rings. The van der Waals surface area contributed by atoms with Gasteiger partial charge in [-0.15, -0.1) is 0 Å². The van der Waals surface area contributed by atoms with Crippen molar-refractivity contribution in [2.45, 2.75) is 5.41 Å². The Bertz CT molecular complexity index is 3260. The van der Waals surface area contributed by atoms with Gasteiger partial charge < -0.3 is 4.57 Å². The molecule has 59 heavy (non-hydrogen) atoms. The maximum Gasteiger partial charge on any atom is 0.137 e. The van der Waals surface area contributed by atoms with Gasteiger partial charge in [-0.2, -0.15) is 0 Å². The molecule has 0 unspecified atom stereocenters. The Morgan fingerprint density at radius 2 is 0.932 bits per heavy atom. The number of pyridine rings is 1. The molecule has 0 amide bonds. The lowest BCUT2D eigenvalue weighted by molar-refractivity contribution is 0.769. The summed E-state index contributed by atoms with van der Waals surface area (Å²) in [6.07, 6.45) is 2.12. The standard InChI is InChI=1S/C56H37N3/c1-3-15-42(16-4-1)56(43-17-5-2-6-18-43)49-22-10-7-19-45(49)46-35-32-41(37-50(46)56)38-26-28-40(29-27-38)55-54(57-53-25-13-14-36-58(53)55)39-30-33-44(34-31-39)59-51-23-11-8-20-47(51)48-21-9-12-24-52(48)59/h1-37H.